The summed E-state index contributed by atoms with van der Waals surface area (Å²) in [6, 6.07) is 70.9. The van der Waals surface area contributed by atoms with Gasteiger partial charge in [0.05, 0.1) is 5.69 Å². The summed E-state index contributed by atoms with van der Waals surface area (Å²) in [5.41, 5.74) is 12.1. The van der Waals surface area contributed by atoms with E-state index in [4.69, 9.17) is 0 Å². The lowest BCUT2D eigenvalue weighted by atomic mass is 9.81. The van der Waals surface area contributed by atoms with Crippen LogP contribution in [0.5, 0.6) is 0 Å². The van der Waals surface area contributed by atoms with Crippen LogP contribution >= 0.6 is 0 Å². The predicted molar refractivity (Wildman–Crippen MR) is 226 cm³/mol. The fourth-order valence-electron chi connectivity index (χ4n) is 8.58. The molecule has 2 heteroatoms. The minimum atomic E-state index is -0.0686. The Balaban J connectivity index is 1.19. The van der Waals surface area contributed by atoms with Gasteiger partial charge in [-0.1, -0.05) is 135 Å². The molecule has 53 heavy (non-hydrogen) atoms. The number of nitrogens with zero attached hydrogens (tertiary/aromatic N) is 2. The van der Waals surface area contributed by atoms with E-state index < -0.39 is 0 Å². The molecule has 0 amide bonds. The monoisotopic (exact) mass is 678 g/mol. The molecule has 0 spiro atoms. The van der Waals surface area contributed by atoms with E-state index >= 15 is 0 Å². The van der Waals surface area contributed by atoms with Crippen LogP contribution in [0.1, 0.15) is 25.0 Å². The van der Waals surface area contributed by atoms with Crippen molar-refractivity contribution < 1.29 is 0 Å². The molecule has 2 nitrogen and oxygen atoms in total. The fourth-order valence-corrected chi connectivity index (χ4v) is 8.58. The largest absolute Gasteiger partial charge is 0.310 e. The number of hydrogen-bond acceptors (Lipinski definition) is 2. The molecule has 0 aliphatic heterocycles. The topological polar surface area (TPSA) is 6.48 Å². The average Bonchev–Trinajstić information content (AvgIpc) is 3.43. The summed E-state index contributed by atoms with van der Waals surface area (Å²) in [6.07, 6.45) is 0. The summed E-state index contributed by atoms with van der Waals surface area (Å²) in [7, 11) is 0. The summed E-state index contributed by atoms with van der Waals surface area (Å²) in [4.78, 5) is 4.77. The van der Waals surface area contributed by atoms with E-state index in [1.807, 2.05) is 0 Å². The van der Waals surface area contributed by atoms with Crippen molar-refractivity contribution in [3.63, 3.8) is 0 Å². The summed E-state index contributed by atoms with van der Waals surface area (Å²) in [5.74, 6) is 0. The zero-order chi connectivity index (χ0) is 35.5. The maximum absolute atomic E-state index is 2.47. The highest BCUT2D eigenvalue weighted by Crippen LogP contribution is 2.51. The summed E-state index contributed by atoms with van der Waals surface area (Å²) < 4.78 is 0. The van der Waals surface area contributed by atoms with Gasteiger partial charge in [-0.3, -0.25) is 0 Å². The Morgan fingerprint density at radius 1 is 0.321 bits per heavy atom. The van der Waals surface area contributed by atoms with Crippen molar-refractivity contribution in [1.29, 1.82) is 0 Å². The van der Waals surface area contributed by atoms with Crippen molar-refractivity contribution in [2.24, 2.45) is 0 Å². The molecule has 0 N–H and O–H groups in total. The van der Waals surface area contributed by atoms with Crippen LogP contribution in [-0.2, 0) is 5.41 Å². The van der Waals surface area contributed by atoms with Crippen molar-refractivity contribution in [2.75, 3.05) is 9.80 Å². The number of benzene rings is 9. The molecule has 252 valence electrons. The smallest absolute Gasteiger partial charge is 0.0540 e. The van der Waals surface area contributed by atoms with Crippen molar-refractivity contribution >= 4 is 66.4 Å². The molecule has 0 heterocycles. The number of rotatable bonds is 6. The minimum Gasteiger partial charge on any atom is -0.310 e. The lowest BCUT2D eigenvalue weighted by molar-refractivity contribution is 0.661. The van der Waals surface area contributed by atoms with Crippen LogP contribution in [0.4, 0.5) is 34.1 Å². The van der Waals surface area contributed by atoms with Gasteiger partial charge in [0, 0.05) is 39.2 Å². The van der Waals surface area contributed by atoms with E-state index in [9.17, 15) is 0 Å². The molecule has 0 bridgehead atoms. The molecule has 9 aromatic carbocycles. The van der Waals surface area contributed by atoms with Crippen LogP contribution < -0.4 is 9.80 Å². The number of anilines is 6. The van der Waals surface area contributed by atoms with Gasteiger partial charge in [-0.2, -0.15) is 0 Å². The van der Waals surface area contributed by atoms with Gasteiger partial charge in [0.25, 0.3) is 0 Å². The van der Waals surface area contributed by atoms with Gasteiger partial charge in [0.1, 0.15) is 0 Å². The van der Waals surface area contributed by atoms with Crippen LogP contribution in [0.15, 0.2) is 194 Å². The molecule has 0 atom stereocenters. The molecule has 10 rings (SSSR count). The Kier molecular flexibility index (Phi) is 7.19. The summed E-state index contributed by atoms with van der Waals surface area (Å²) >= 11 is 0. The number of fused-ring (bicyclic) bond motifs is 7. The molecule has 0 aromatic heterocycles. The fraction of sp³-hybridized carbons (Fsp3) is 0.0588. The predicted octanol–water partition coefficient (Wildman–Crippen LogP) is 14.4. The standard InChI is InChI=1S/C51H38N2/c1-51(2)48-25-12-11-23-44(48)47-32-37-28-30-45-43(46(37)34-49(47)51)24-14-26-50(45)53(42-29-27-35-15-9-10-16-36(35)31-42)41-22-13-21-40(33-41)52(38-17-5-3-6-18-38)39-19-7-4-8-20-39/h3-34H,1-2H3. The van der Waals surface area contributed by atoms with Gasteiger partial charge in [-0.25, -0.2) is 0 Å². The molecule has 0 saturated heterocycles. The highest BCUT2D eigenvalue weighted by molar-refractivity contribution is 6.14. The molecule has 9 aromatic rings. The molecular weight excluding hydrogens is 641 g/mol. The Morgan fingerprint density at radius 3 is 1.70 bits per heavy atom. The van der Waals surface area contributed by atoms with E-state index in [1.54, 1.807) is 0 Å². The minimum absolute atomic E-state index is 0.0686. The molecule has 1 aliphatic rings. The first-order chi connectivity index (χ1) is 26.0. The quantitative estimate of drug-likeness (QED) is 0.162. The maximum Gasteiger partial charge on any atom is 0.0540 e. The van der Waals surface area contributed by atoms with Crippen LogP contribution in [0.25, 0.3) is 43.4 Å². The first-order valence-corrected chi connectivity index (χ1v) is 18.4. The second kappa shape index (κ2) is 12.3. The summed E-state index contributed by atoms with van der Waals surface area (Å²) in [6.45, 7) is 4.73. The first kappa shape index (κ1) is 31.1. The van der Waals surface area contributed by atoms with E-state index in [2.05, 4.69) is 218 Å². The normalized spacial score (nSPS) is 12.9. The molecule has 1 aliphatic carbocycles. The third kappa shape index (κ3) is 5.10. The van der Waals surface area contributed by atoms with Crippen LogP contribution in [-0.4, -0.2) is 0 Å². The lowest BCUT2D eigenvalue weighted by Crippen LogP contribution is -2.14. The van der Waals surface area contributed by atoms with E-state index in [1.165, 1.54) is 54.6 Å². The molecule has 0 saturated carbocycles. The van der Waals surface area contributed by atoms with E-state index in [-0.39, 0.29) is 5.41 Å². The van der Waals surface area contributed by atoms with E-state index in [0.717, 1.165) is 34.1 Å². The van der Waals surface area contributed by atoms with Gasteiger partial charge in [0.15, 0.2) is 0 Å². The lowest BCUT2D eigenvalue weighted by Gasteiger charge is -2.30. The van der Waals surface area contributed by atoms with Crippen LogP contribution in [0, 0.1) is 0 Å². The maximum atomic E-state index is 2.47. The molecular formula is C51H38N2. The third-order valence-corrected chi connectivity index (χ3v) is 11.2. The van der Waals surface area contributed by atoms with Gasteiger partial charge < -0.3 is 9.80 Å². The Labute approximate surface area is 310 Å². The zero-order valence-electron chi connectivity index (χ0n) is 29.9. The van der Waals surface area contributed by atoms with Gasteiger partial charge >= 0.3 is 0 Å². The third-order valence-electron chi connectivity index (χ3n) is 11.2. The number of hydrogen-bond donors (Lipinski definition) is 0. The first-order valence-electron chi connectivity index (χ1n) is 18.4. The second-order valence-electron chi connectivity index (χ2n) is 14.6. The highest BCUT2D eigenvalue weighted by atomic mass is 15.2. The number of para-hydroxylation sites is 2. The highest BCUT2D eigenvalue weighted by Gasteiger charge is 2.35. The van der Waals surface area contributed by atoms with Crippen molar-refractivity contribution in [3.8, 4) is 11.1 Å². The van der Waals surface area contributed by atoms with Crippen LogP contribution in [0.3, 0.4) is 0 Å². The SMILES string of the molecule is CC1(C)c2ccccc2-c2cc3ccc4c(N(c5cccc(N(c6ccccc6)c6ccccc6)c5)c5ccc6ccccc6c5)cccc4c3cc21. The Bertz CT molecular complexity index is 2780. The van der Waals surface area contributed by atoms with Crippen LogP contribution in [0.2, 0.25) is 0 Å². The second-order valence-corrected chi connectivity index (χ2v) is 14.6. The molecule has 0 unspecified atom stereocenters. The van der Waals surface area contributed by atoms with Gasteiger partial charge in [0.2, 0.25) is 0 Å². The molecule has 0 fully saturated rings. The van der Waals surface area contributed by atoms with Gasteiger partial charge in [-0.05, 0) is 122 Å². The van der Waals surface area contributed by atoms with Crippen molar-refractivity contribution in [2.45, 2.75) is 19.3 Å². The summed E-state index contributed by atoms with van der Waals surface area (Å²) in [5, 5.41) is 7.47. The van der Waals surface area contributed by atoms with Crippen molar-refractivity contribution in [1.82, 2.24) is 0 Å². The Hall–Kier alpha value is -6.64. The molecule has 0 radical (unpaired) electrons. The van der Waals surface area contributed by atoms with Crippen molar-refractivity contribution in [3.05, 3.63) is 205 Å². The van der Waals surface area contributed by atoms with E-state index in [0.29, 0.717) is 0 Å². The Morgan fingerprint density at radius 2 is 0.925 bits per heavy atom. The zero-order valence-corrected chi connectivity index (χ0v) is 29.9. The van der Waals surface area contributed by atoms with Gasteiger partial charge in [-0.15, -0.1) is 0 Å². The average molecular weight is 679 g/mol.